The van der Waals surface area contributed by atoms with Crippen LogP contribution in [0.1, 0.15) is 32.5 Å². The Morgan fingerprint density at radius 3 is 2.57 bits per heavy atom. The second-order valence-electron chi connectivity index (χ2n) is 6.87. The third-order valence-corrected chi connectivity index (χ3v) is 5.27. The van der Waals surface area contributed by atoms with Gasteiger partial charge in [0.2, 0.25) is 0 Å². The first-order valence-electron chi connectivity index (χ1n) is 9.52. The number of aromatic nitrogens is 2. The second kappa shape index (κ2) is 8.32. The number of nitriles is 1. The third kappa shape index (κ3) is 3.61. The van der Waals surface area contributed by atoms with E-state index in [0.717, 1.165) is 9.47 Å². The molecule has 1 aromatic heterocycles. The average molecular weight is 411 g/mol. The van der Waals surface area contributed by atoms with Gasteiger partial charge in [0.15, 0.2) is 5.82 Å². The highest BCUT2D eigenvalue weighted by Crippen LogP contribution is 2.24. The molecule has 10 nitrogen and oxygen atoms in total. The van der Waals surface area contributed by atoms with E-state index in [1.807, 2.05) is 6.07 Å². The molecule has 3 rings (SSSR count). The van der Waals surface area contributed by atoms with E-state index < -0.39 is 35.6 Å². The van der Waals surface area contributed by atoms with Gasteiger partial charge in [-0.05, 0) is 25.0 Å². The fourth-order valence-corrected chi connectivity index (χ4v) is 3.43. The molecule has 0 spiro atoms. The average Bonchev–Trinajstić information content (AvgIpc) is 2.99. The Morgan fingerprint density at radius 1 is 1.23 bits per heavy atom. The lowest BCUT2D eigenvalue weighted by Gasteiger charge is -2.22. The summed E-state index contributed by atoms with van der Waals surface area (Å²) in [6.07, 6.45) is 0.808. The minimum atomic E-state index is -1.01. The Morgan fingerprint density at radius 2 is 1.93 bits per heavy atom. The molecular weight excluding hydrogens is 390 g/mol. The van der Waals surface area contributed by atoms with E-state index in [9.17, 15) is 19.2 Å². The van der Waals surface area contributed by atoms with Crippen LogP contribution in [0.2, 0.25) is 0 Å². The van der Waals surface area contributed by atoms with Gasteiger partial charge in [0.1, 0.15) is 25.2 Å². The van der Waals surface area contributed by atoms with E-state index >= 15 is 0 Å². The molecule has 1 N–H and O–H groups in total. The molecule has 1 saturated heterocycles. The first-order chi connectivity index (χ1) is 14.4. The van der Waals surface area contributed by atoms with Crippen molar-refractivity contribution < 1.29 is 19.1 Å². The van der Waals surface area contributed by atoms with Crippen molar-refractivity contribution in [2.45, 2.75) is 45.4 Å². The van der Waals surface area contributed by atoms with Gasteiger partial charge in [-0.3, -0.25) is 23.9 Å². The van der Waals surface area contributed by atoms with Crippen molar-refractivity contribution in [1.82, 2.24) is 19.8 Å². The summed E-state index contributed by atoms with van der Waals surface area (Å²) in [5.74, 6) is -1.20. The molecule has 0 atom stereocenters. The Kier molecular flexibility index (Phi) is 5.82. The van der Waals surface area contributed by atoms with Crippen molar-refractivity contribution in [3.05, 3.63) is 40.4 Å². The Hall–Kier alpha value is -3.74. The quantitative estimate of drug-likeness (QED) is 0.532. The van der Waals surface area contributed by atoms with Crippen molar-refractivity contribution in [3.8, 4) is 6.07 Å². The molecule has 0 bridgehead atoms. The van der Waals surface area contributed by atoms with Crippen molar-refractivity contribution >= 4 is 28.8 Å². The van der Waals surface area contributed by atoms with Crippen LogP contribution in [0.5, 0.6) is 0 Å². The van der Waals surface area contributed by atoms with Gasteiger partial charge in [-0.1, -0.05) is 26.0 Å². The molecule has 1 aromatic carbocycles. The maximum Gasteiger partial charge on any atom is 0.326 e. The summed E-state index contributed by atoms with van der Waals surface area (Å²) >= 11 is 0. The smallest absolute Gasteiger partial charge is 0.326 e. The number of hydrogen-bond donors (Lipinski definition) is 1. The highest BCUT2D eigenvalue weighted by Gasteiger charge is 2.49. The number of nitrogens with zero attached hydrogens (tertiary/aromatic N) is 4. The maximum atomic E-state index is 12.6. The number of carbonyl (C=O) groups is 3. The molecule has 2 heterocycles. The van der Waals surface area contributed by atoms with E-state index in [1.165, 1.54) is 0 Å². The van der Waals surface area contributed by atoms with E-state index in [-0.39, 0.29) is 19.0 Å². The highest BCUT2D eigenvalue weighted by molar-refractivity contribution is 6.08. The monoisotopic (exact) mass is 411 g/mol. The number of nitrogens with one attached hydrogen (secondary N) is 1. The Labute approximate surface area is 172 Å². The SMILES string of the molecule is CCC1(CC)NC(=O)N(CC(=O)OCc2nc3ccccc3c(=O)n2CC#N)C1=O. The van der Waals surface area contributed by atoms with E-state index in [2.05, 4.69) is 10.3 Å². The number of urea groups is 1. The number of benzene rings is 1. The van der Waals surface area contributed by atoms with Crippen molar-refractivity contribution in [1.29, 1.82) is 5.26 Å². The van der Waals surface area contributed by atoms with E-state index in [4.69, 9.17) is 10.00 Å². The van der Waals surface area contributed by atoms with Gasteiger partial charge in [0.25, 0.3) is 11.5 Å². The zero-order valence-corrected chi connectivity index (χ0v) is 16.7. The van der Waals surface area contributed by atoms with E-state index in [0.29, 0.717) is 23.7 Å². The summed E-state index contributed by atoms with van der Waals surface area (Å²) < 4.78 is 6.30. The van der Waals surface area contributed by atoms with Crippen LogP contribution < -0.4 is 10.9 Å². The van der Waals surface area contributed by atoms with Gasteiger partial charge in [0.05, 0.1) is 17.0 Å². The van der Waals surface area contributed by atoms with Gasteiger partial charge in [-0.15, -0.1) is 0 Å². The number of esters is 1. The molecule has 0 saturated carbocycles. The molecule has 10 heteroatoms. The van der Waals surface area contributed by atoms with Gasteiger partial charge < -0.3 is 10.1 Å². The van der Waals surface area contributed by atoms with Crippen LogP contribution in [0.25, 0.3) is 10.9 Å². The normalized spacial score (nSPS) is 15.2. The maximum absolute atomic E-state index is 12.6. The van der Waals surface area contributed by atoms with Crippen LogP contribution in [0.4, 0.5) is 4.79 Å². The molecular formula is C20H21N5O5. The molecule has 0 radical (unpaired) electrons. The largest absolute Gasteiger partial charge is 0.456 e. The lowest BCUT2D eigenvalue weighted by molar-refractivity contribution is -0.149. The number of rotatable bonds is 7. The summed E-state index contributed by atoms with van der Waals surface area (Å²) in [7, 11) is 0. The Balaban J connectivity index is 1.77. The molecule has 3 amide bonds. The van der Waals surface area contributed by atoms with Crippen LogP contribution >= 0.6 is 0 Å². The van der Waals surface area contributed by atoms with Crippen molar-refractivity contribution in [3.63, 3.8) is 0 Å². The lowest BCUT2D eigenvalue weighted by Crippen LogP contribution is -2.46. The molecule has 1 aliphatic heterocycles. The standard InChI is InChI=1S/C20H21N5O5/c1-3-20(4-2)18(28)25(19(29)23-20)11-16(26)30-12-15-22-14-8-6-5-7-13(14)17(27)24(15)10-9-21/h5-8H,3-4,10-12H2,1-2H3,(H,23,29). The predicted molar refractivity (Wildman–Crippen MR) is 105 cm³/mol. The lowest BCUT2D eigenvalue weighted by atomic mass is 9.93. The Bertz CT molecular complexity index is 1110. The van der Waals surface area contributed by atoms with Crippen LogP contribution in [0.15, 0.2) is 29.1 Å². The topological polar surface area (TPSA) is 134 Å². The van der Waals surface area contributed by atoms with Crippen LogP contribution in [-0.2, 0) is 27.5 Å². The molecule has 1 fully saturated rings. The third-order valence-electron chi connectivity index (χ3n) is 5.27. The summed E-state index contributed by atoms with van der Waals surface area (Å²) in [6.45, 7) is 2.37. The summed E-state index contributed by atoms with van der Waals surface area (Å²) in [4.78, 5) is 54.8. The minimum absolute atomic E-state index is 0.0993. The number of amides is 3. The van der Waals surface area contributed by atoms with Gasteiger partial charge in [0, 0.05) is 0 Å². The molecule has 30 heavy (non-hydrogen) atoms. The van der Waals surface area contributed by atoms with Crippen LogP contribution in [0.3, 0.4) is 0 Å². The zero-order chi connectivity index (χ0) is 21.9. The molecule has 2 aromatic rings. The van der Waals surface area contributed by atoms with E-state index in [1.54, 1.807) is 38.1 Å². The van der Waals surface area contributed by atoms with Crippen LogP contribution in [0, 0.1) is 11.3 Å². The van der Waals surface area contributed by atoms with Crippen molar-refractivity contribution in [2.75, 3.05) is 6.54 Å². The molecule has 0 unspecified atom stereocenters. The number of hydrogen-bond acceptors (Lipinski definition) is 7. The molecule has 0 aliphatic carbocycles. The first kappa shape index (κ1) is 21.0. The number of para-hydroxylation sites is 1. The summed E-state index contributed by atoms with van der Waals surface area (Å²) in [5.41, 5.74) is -1.02. The predicted octanol–water partition coefficient (Wildman–Crippen LogP) is 1.07. The fraction of sp³-hybridized carbons (Fsp3) is 0.400. The number of fused-ring (bicyclic) bond motifs is 1. The minimum Gasteiger partial charge on any atom is -0.456 e. The number of carbonyl (C=O) groups excluding carboxylic acids is 3. The second-order valence-corrected chi connectivity index (χ2v) is 6.87. The summed E-state index contributed by atoms with van der Waals surface area (Å²) in [5, 5.41) is 12.0. The molecule has 156 valence electrons. The summed E-state index contributed by atoms with van der Waals surface area (Å²) in [6, 6.07) is 7.88. The fourth-order valence-electron chi connectivity index (χ4n) is 3.43. The number of imide groups is 1. The highest BCUT2D eigenvalue weighted by atomic mass is 16.5. The van der Waals surface area contributed by atoms with Gasteiger partial charge in [-0.2, -0.15) is 5.26 Å². The number of ether oxygens (including phenoxy) is 1. The van der Waals surface area contributed by atoms with Gasteiger partial charge in [-0.25, -0.2) is 9.78 Å². The first-order valence-corrected chi connectivity index (χ1v) is 9.52. The molecule has 1 aliphatic rings. The van der Waals surface area contributed by atoms with Crippen molar-refractivity contribution in [2.24, 2.45) is 0 Å². The van der Waals surface area contributed by atoms with Gasteiger partial charge >= 0.3 is 12.0 Å². The van der Waals surface area contributed by atoms with Crippen LogP contribution in [-0.4, -0.2) is 44.4 Å². The zero-order valence-electron chi connectivity index (χ0n) is 16.7.